The molecule has 1 N–H and O–H groups in total. The highest BCUT2D eigenvalue weighted by atomic mass is 14.9. The van der Waals surface area contributed by atoms with E-state index < -0.39 is 0 Å². The van der Waals surface area contributed by atoms with Gasteiger partial charge in [-0.2, -0.15) is 0 Å². The Morgan fingerprint density at radius 3 is 1.90 bits per heavy atom. The lowest BCUT2D eigenvalue weighted by Gasteiger charge is -1.90. The minimum absolute atomic E-state index is 0.935. The van der Waals surface area contributed by atoms with E-state index in [1.807, 2.05) is 13.8 Å². The van der Waals surface area contributed by atoms with Gasteiger partial charge in [0.05, 0.1) is 0 Å². The van der Waals surface area contributed by atoms with Crippen molar-refractivity contribution in [2.24, 2.45) is 5.92 Å². The van der Waals surface area contributed by atoms with E-state index in [9.17, 15) is 0 Å². The molecule has 1 nitrogen and oxygen atoms in total. The molecule has 0 radical (unpaired) electrons. The van der Waals surface area contributed by atoms with E-state index in [0.29, 0.717) is 0 Å². The van der Waals surface area contributed by atoms with Gasteiger partial charge in [-0.05, 0) is 25.4 Å². The summed E-state index contributed by atoms with van der Waals surface area (Å²) in [5.74, 6) is 0.935. The van der Waals surface area contributed by atoms with Crippen LogP contribution in [-0.4, -0.2) is 13.1 Å². The van der Waals surface area contributed by atoms with Crippen LogP contribution in [0.3, 0.4) is 0 Å². The average Bonchev–Trinajstić information content (AvgIpc) is 2.48. The summed E-state index contributed by atoms with van der Waals surface area (Å²) in [4.78, 5) is 0. The van der Waals surface area contributed by atoms with Gasteiger partial charge in [-0.25, -0.2) is 0 Å². The summed E-state index contributed by atoms with van der Waals surface area (Å²) in [6.45, 7) is 14.8. The smallest absolute Gasteiger partial charge is 0.00227 e. The van der Waals surface area contributed by atoms with Crippen LogP contribution in [-0.2, 0) is 0 Å². The number of hydrogen-bond donors (Lipinski definition) is 1. The van der Waals surface area contributed by atoms with Gasteiger partial charge in [0.1, 0.15) is 0 Å². The van der Waals surface area contributed by atoms with Crippen LogP contribution in [0, 0.1) is 5.92 Å². The van der Waals surface area contributed by atoms with Crippen molar-refractivity contribution in [2.45, 2.75) is 27.2 Å². The van der Waals surface area contributed by atoms with E-state index in [-0.39, 0.29) is 0 Å². The fourth-order valence-electron chi connectivity index (χ4n) is 0.799. The van der Waals surface area contributed by atoms with Crippen molar-refractivity contribution in [1.82, 2.24) is 5.32 Å². The lowest BCUT2D eigenvalue weighted by atomic mass is 10.2. The van der Waals surface area contributed by atoms with Crippen molar-refractivity contribution in [2.75, 3.05) is 13.1 Å². The maximum atomic E-state index is 3.27. The lowest BCUT2D eigenvalue weighted by Crippen LogP contribution is -2.06. The van der Waals surface area contributed by atoms with E-state index in [2.05, 4.69) is 25.4 Å². The second-order valence-electron chi connectivity index (χ2n) is 2.10. The predicted molar refractivity (Wildman–Crippen MR) is 49.3 cm³/mol. The minimum Gasteiger partial charge on any atom is -0.316 e. The second-order valence-corrected chi connectivity index (χ2v) is 2.10. The molecule has 1 unspecified atom stereocenters. The molecule has 1 aliphatic rings. The van der Waals surface area contributed by atoms with Gasteiger partial charge in [0, 0.05) is 0 Å². The van der Waals surface area contributed by atoms with Gasteiger partial charge in [0.15, 0.2) is 0 Å². The van der Waals surface area contributed by atoms with Crippen molar-refractivity contribution in [3.05, 3.63) is 13.2 Å². The Bertz CT molecular complexity index is 46.7. The van der Waals surface area contributed by atoms with E-state index in [4.69, 9.17) is 0 Å². The SMILES string of the molecule is C=C.CC.CC1CCNC1. The molecule has 62 valence electrons. The highest BCUT2D eigenvalue weighted by Crippen LogP contribution is 2.03. The van der Waals surface area contributed by atoms with Crippen LogP contribution < -0.4 is 5.32 Å². The molecule has 1 heteroatoms. The zero-order valence-corrected chi connectivity index (χ0v) is 7.61. The minimum atomic E-state index is 0.935. The molecule has 1 atom stereocenters. The molecular formula is C9H21N. The fraction of sp³-hybridized carbons (Fsp3) is 0.778. The molecule has 0 aromatic heterocycles. The van der Waals surface area contributed by atoms with Gasteiger partial charge in [-0.1, -0.05) is 20.8 Å². The predicted octanol–water partition coefficient (Wildman–Crippen LogP) is 2.44. The number of nitrogens with one attached hydrogen (secondary N) is 1. The average molecular weight is 143 g/mol. The molecule has 0 aromatic rings. The lowest BCUT2D eigenvalue weighted by molar-refractivity contribution is 0.651. The molecule has 0 aliphatic carbocycles. The Hall–Kier alpha value is -0.300. The van der Waals surface area contributed by atoms with Crippen LogP contribution in [0.4, 0.5) is 0 Å². The Balaban J connectivity index is 0. The molecule has 0 bridgehead atoms. The molecule has 1 heterocycles. The maximum absolute atomic E-state index is 3.27. The summed E-state index contributed by atoms with van der Waals surface area (Å²) in [6.07, 6.45) is 1.38. The molecule has 1 aliphatic heterocycles. The van der Waals surface area contributed by atoms with Gasteiger partial charge in [-0.15, -0.1) is 13.2 Å². The van der Waals surface area contributed by atoms with Gasteiger partial charge >= 0.3 is 0 Å². The van der Waals surface area contributed by atoms with Crippen LogP contribution in [0.15, 0.2) is 13.2 Å². The monoisotopic (exact) mass is 143 g/mol. The standard InChI is InChI=1S/C5H11N.C2H6.C2H4/c1-5-2-3-6-4-5;2*1-2/h5-6H,2-4H2,1H3;1-2H3;1-2H2. The third-order valence-electron chi connectivity index (χ3n) is 1.31. The molecular weight excluding hydrogens is 122 g/mol. The maximum Gasteiger partial charge on any atom is -0.00227 e. The largest absolute Gasteiger partial charge is 0.316 e. The number of rotatable bonds is 0. The first-order valence-corrected chi connectivity index (χ1v) is 4.10. The highest BCUT2D eigenvalue weighted by molar-refractivity contribution is 4.65. The van der Waals surface area contributed by atoms with Gasteiger partial charge in [0.2, 0.25) is 0 Å². The molecule has 0 saturated carbocycles. The molecule has 0 aromatic carbocycles. The fourth-order valence-corrected chi connectivity index (χ4v) is 0.799. The summed E-state index contributed by atoms with van der Waals surface area (Å²) in [5.41, 5.74) is 0. The Morgan fingerprint density at radius 1 is 1.30 bits per heavy atom. The summed E-state index contributed by atoms with van der Waals surface area (Å²) < 4.78 is 0. The Kier molecular flexibility index (Phi) is 14.2. The Morgan fingerprint density at radius 2 is 1.80 bits per heavy atom. The zero-order chi connectivity index (χ0) is 8.41. The summed E-state index contributed by atoms with van der Waals surface area (Å²) >= 11 is 0. The van der Waals surface area contributed by atoms with Crippen LogP contribution in [0.1, 0.15) is 27.2 Å². The van der Waals surface area contributed by atoms with Crippen LogP contribution in [0.25, 0.3) is 0 Å². The zero-order valence-electron chi connectivity index (χ0n) is 7.61. The van der Waals surface area contributed by atoms with E-state index >= 15 is 0 Å². The summed E-state index contributed by atoms with van der Waals surface area (Å²) in [7, 11) is 0. The first-order chi connectivity index (χ1) is 4.89. The van der Waals surface area contributed by atoms with Gasteiger partial charge in [-0.3, -0.25) is 0 Å². The molecule has 1 saturated heterocycles. The van der Waals surface area contributed by atoms with Crippen molar-refractivity contribution in [1.29, 1.82) is 0 Å². The van der Waals surface area contributed by atoms with Gasteiger partial charge < -0.3 is 5.32 Å². The molecule has 1 rings (SSSR count). The van der Waals surface area contributed by atoms with Crippen molar-refractivity contribution < 1.29 is 0 Å². The van der Waals surface area contributed by atoms with Gasteiger partial charge in [0.25, 0.3) is 0 Å². The molecule has 0 spiro atoms. The van der Waals surface area contributed by atoms with Crippen molar-refractivity contribution in [3.63, 3.8) is 0 Å². The topological polar surface area (TPSA) is 12.0 Å². The third-order valence-corrected chi connectivity index (χ3v) is 1.31. The Labute approximate surface area is 65.5 Å². The normalized spacial score (nSPS) is 21.7. The third kappa shape index (κ3) is 7.70. The molecule has 1 fully saturated rings. The van der Waals surface area contributed by atoms with Crippen LogP contribution in [0.5, 0.6) is 0 Å². The van der Waals surface area contributed by atoms with E-state index in [1.165, 1.54) is 19.5 Å². The second kappa shape index (κ2) is 11.5. The van der Waals surface area contributed by atoms with E-state index in [0.717, 1.165) is 5.92 Å². The number of hydrogen-bond acceptors (Lipinski definition) is 1. The molecule has 10 heavy (non-hydrogen) atoms. The highest BCUT2D eigenvalue weighted by Gasteiger charge is 2.06. The van der Waals surface area contributed by atoms with Crippen molar-refractivity contribution >= 4 is 0 Å². The van der Waals surface area contributed by atoms with E-state index in [1.54, 1.807) is 0 Å². The van der Waals surface area contributed by atoms with Crippen LogP contribution in [0.2, 0.25) is 0 Å². The van der Waals surface area contributed by atoms with Crippen molar-refractivity contribution in [3.8, 4) is 0 Å². The molecule has 0 amide bonds. The first kappa shape index (κ1) is 12.4. The first-order valence-electron chi connectivity index (χ1n) is 4.10. The van der Waals surface area contributed by atoms with Crippen LogP contribution >= 0.6 is 0 Å². The quantitative estimate of drug-likeness (QED) is 0.514. The summed E-state index contributed by atoms with van der Waals surface area (Å²) in [5, 5.41) is 3.27. The summed E-state index contributed by atoms with van der Waals surface area (Å²) in [6, 6.07) is 0.